The molecule has 0 amide bonds. The van der Waals surface area contributed by atoms with Gasteiger partial charge in [-0.1, -0.05) is 12.1 Å². The fourth-order valence-corrected chi connectivity index (χ4v) is 3.75. The van der Waals surface area contributed by atoms with Crippen molar-refractivity contribution >= 4 is 49.0 Å². The molecule has 0 fully saturated rings. The predicted molar refractivity (Wildman–Crippen MR) is 92.3 cm³/mol. The Balaban J connectivity index is 1.83. The van der Waals surface area contributed by atoms with Crippen LogP contribution in [0.1, 0.15) is 10.4 Å². The number of aromatic nitrogens is 2. The first-order valence-electron chi connectivity index (χ1n) is 6.62. The molecule has 0 unspecified atom stereocenters. The fourth-order valence-electron chi connectivity index (χ4n) is 2.13. The summed E-state index contributed by atoms with van der Waals surface area (Å²) >= 11 is 7.50. The molecule has 3 N–H and O–H groups in total. The smallest absolute Gasteiger partial charge is 0.238 e. The van der Waals surface area contributed by atoms with Crippen LogP contribution >= 0.6 is 22.9 Å². The molecule has 0 aliphatic rings. The Hall–Kier alpha value is -1.74. The molecule has 2 aromatic heterocycles. The van der Waals surface area contributed by atoms with Gasteiger partial charge in [0, 0.05) is 11.4 Å². The van der Waals surface area contributed by atoms with Crippen LogP contribution in [0.25, 0.3) is 10.2 Å². The Morgan fingerprint density at radius 3 is 2.61 bits per heavy atom. The van der Waals surface area contributed by atoms with Gasteiger partial charge in [-0.05, 0) is 42.3 Å². The summed E-state index contributed by atoms with van der Waals surface area (Å²) in [4.78, 5) is 10.5. The molecule has 0 saturated carbocycles. The van der Waals surface area contributed by atoms with Crippen molar-refractivity contribution in [1.29, 1.82) is 0 Å². The molecule has 120 valence electrons. The lowest BCUT2D eigenvalue weighted by molar-refractivity contribution is 0.598. The quantitative estimate of drug-likeness (QED) is 0.690. The molecule has 3 aromatic rings. The topological polar surface area (TPSA) is 98.0 Å². The number of hydrogen-bond donors (Lipinski definition) is 2. The Morgan fingerprint density at radius 2 is 1.96 bits per heavy atom. The minimum absolute atomic E-state index is 0.0854. The van der Waals surface area contributed by atoms with Crippen molar-refractivity contribution in [3.05, 3.63) is 46.1 Å². The summed E-state index contributed by atoms with van der Waals surface area (Å²) in [5, 5.41) is 9.39. The summed E-state index contributed by atoms with van der Waals surface area (Å²) in [5.41, 5.74) is 0.896. The molecular formula is C14H13ClN4O2S2. The first-order chi connectivity index (χ1) is 10.8. The highest BCUT2D eigenvalue weighted by molar-refractivity contribution is 7.89. The van der Waals surface area contributed by atoms with Crippen LogP contribution in [0.5, 0.6) is 0 Å². The number of aryl methyl sites for hydroxylation is 1. The van der Waals surface area contributed by atoms with Crippen molar-refractivity contribution in [3.8, 4) is 0 Å². The first-order valence-corrected chi connectivity index (χ1v) is 9.36. The highest BCUT2D eigenvalue weighted by Crippen LogP contribution is 2.29. The van der Waals surface area contributed by atoms with E-state index in [4.69, 9.17) is 16.7 Å². The number of primary sulfonamides is 1. The molecule has 9 heteroatoms. The third-order valence-electron chi connectivity index (χ3n) is 3.20. The van der Waals surface area contributed by atoms with Gasteiger partial charge in [-0.2, -0.15) is 0 Å². The predicted octanol–water partition coefficient (Wildman–Crippen LogP) is 2.91. The van der Waals surface area contributed by atoms with Gasteiger partial charge < -0.3 is 5.32 Å². The number of nitrogens with zero attached hydrogens (tertiary/aromatic N) is 2. The molecule has 0 atom stereocenters. The lowest BCUT2D eigenvalue weighted by atomic mass is 10.2. The average molecular weight is 369 g/mol. The van der Waals surface area contributed by atoms with Gasteiger partial charge >= 0.3 is 0 Å². The van der Waals surface area contributed by atoms with Gasteiger partial charge in [0.1, 0.15) is 10.6 Å². The summed E-state index contributed by atoms with van der Waals surface area (Å²) in [6.07, 6.45) is 0. The van der Waals surface area contributed by atoms with Crippen LogP contribution in [-0.4, -0.2) is 18.4 Å². The largest absolute Gasteiger partial charge is 0.365 e. The maximum Gasteiger partial charge on any atom is 0.238 e. The zero-order chi connectivity index (χ0) is 16.6. The van der Waals surface area contributed by atoms with Crippen LogP contribution in [0.3, 0.4) is 0 Å². The molecule has 0 bridgehead atoms. The number of sulfonamides is 1. The van der Waals surface area contributed by atoms with E-state index in [1.165, 1.54) is 12.1 Å². The van der Waals surface area contributed by atoms with Crippen molar-refractivity contribution in [2.45, 2.75) is 18.4 Å². The normalized spacial score (nSPS) is 11.8. The first kappa shape index (κ1) is 16.1. The van der Waals surface area contributed by atoms with Gasteiger partial charge in [0.05, 0.1) is 10.3 Å². The number of hydrogen-bond acceptors (Lipinski definition) is 6. The van der Waals surface area contributed by atoms with Crippen LogP contribution in [-0.2, 0) is 16.6 Å². The summed E-state index contributed by atoms with van der Waals surface area (Å²) in [7, 11) is -3.68. The monoisotopic (exact) mass is 368 g/mol. The zero-order valence-corrected chi connectivity index (χ0v) is 14.5. The van der Waals surface area contributed by atoms with Crippen LogP contribution < -0.4 is 10.5 Å². The van der Waals surface area contributed by atoms with E-state index in [-0.39, 0.29) is 10.2 Å². The van der Waals surface area contributed by atoms with Crippen LogP contribution in [0, 0.1) is 6.92 Å². The molecule has 2 heterocycles. The highest BCUT2D eigenvalue weighted by atomic mass is 35.5. The molecule has 1 aromatic carbocycles. The summed E-state index contributed by atoms with van der Waals surface area (Å²) in [6, 6.07) is 8.35. The van der Waals surface area contributed by atoms with E-state index < -0.39 is 10.0 Å². The Labute approximate surface area is 142 Å². The highest BCUT2D eigenvalue weighted by Gasteiger charge is 2.10. The summed E-state index contributed by atoms with van der Waals surface area (Å²) in [5.74, 6) is 0.653. The average Bonchev–Trinajstić information content (AvgIpc) is 2.84. The number of halogens is 1. The third kappa shape index (κ3) is 3.61. The maximum atomic E-state index is 11.2. The molecular weight excluding hydrogens is 356 g/mol. The molecule has 0 aliphatic heterocycles. The standard InChI is InChI=1S/C14H13ClN4O2S2/c1-8-6-11-12(18-14(15)19-13(11)22-8)17-7-9-2-4-10(5-3-9)23(16,20)21/h2-6H,7H2,1H3,(H2,16,20,21)(H,17,18,19). The second-order valence-electron chi connectivity index (χ2n) is 4.96. The minimum Gasteiger partial charge on any atom is -0.365 e. The third-order valence-corrected chi connectivity index (χ3v) is 5.24. The molecule has 23 heavy (non-hydrogen) atoms. The number of fused-ring (bicyclic) bond motifs is 1. The number of anilines is 1. The van der Waals surface area contributed by atoms with Crippen molar-refractivity contribution < 1.29 is 8.42 Å². The van der Waals surface area contributed by atoms with Crippen molar-refractivity contribution in [2.75, 3.05) is 5.32 Å². The van der Waals surface area contributed by atoms with Crippen molar-refractivity contribution in [2.24, 2.45) is 5.14 Å². The molecule has 3 rings (SSSR count). The second kappa shape index (κ2) is 6.04. The van der Waals surface area contributed by atoms with Crippen LogP contribution in [0.2, 0.25) is 5.28 Å². The number of rotatable bonds is 4. The van der Waals surface area contributed by atoms with Crippen molar-refractivity contribution in [3.63, 3.8) is 0 Å². The molecule has 0 saturated heterocycles. The Kier molecular flexibility index (Phi) is 4.24. The number of thiophene rings is 1. The van der Waals surface area contributed by atoms with E-state index >= 15 is 0 Å². The lowest BCUT2D eigenvalue weighted by Crippen LogP contribution is -2.12. The SMILES string of the molecule is Cc1cc2c(NCc3ccc(S(N)(=O)=O)cc3)nc(Cl)nc2s1. The number of nitrogens with one attached hydrogen (secondary N) is 1. The summed E-state index contributed by atoms with van der Waals surface area (Å²) in [6.45, 7) is 2.47. The van der Waals surface area contributed by atoms with Crippen LogP contribution in [0.15, 0.2) is 35.2 Å². The molecule has 0 spiro atoms. The number of benzene rings is 1. The van der Waals surface area contributed by atoms with Gasteiger partial charge in [-0.3, -0.25) is 0 Å². The van der Waals surface area contributed by atoms with Gasteiger partial charge in [0.2, 0.25) is 15.3 Å². The Bertz CT molecular complexity index is 968. The zero-order valence-electron chi connectivity index (χ0n) is 12.1. The molecule has 0 radical (unpaired) electrons. The van der Waals surface area contributed by atoms with Crippen LogP contribution in [0.4, 0.5) is 5.82 Å². The van der Waals surface area contributed by atoms with E-state index in [9.17, 15) is 8.42 Å². The van der Waals surface area contributed by atoms with Gasteiger partial charge in [0.25, 0.3) is 0 Å². The van der Waals surface area contributed by atoms with E-state index in [0.29, 0.717) is 12.4 Å². The van der Waals surface area contributed by atoms with E-state index in [0.717, 1.165) is 20.7 Å². The minimum atomic E-state index is -3.68. The second-order valence-corrected chi connectivity index (χ2v) is 8.09. The van der Waals surface area contributed by atoms with E-state index in [2.05, 4.69) is 15.3 Å². The van der Waals surface area contributed by atoms with E-state index in [1.807, 2.05) is 13.0 Å². The van der Waals surface area contributed by atoms with E-state index in [1.54, 1.807) is 23.5 Å². The fraction of sp³-hybridized carbons (Fsp3) is 0.143. The molecule has 0 aliphatic carbocycles. The Morgan fingerprint density at radius 1 is 1.26 bits per heavy atom. The van der Waals surface area contributed by atoms with Crippen molar-refractivity contribution in [1.82, 2.24) is 9.97 Å². The summed E-state index contributed by atoms with van der Waals surface area (Å²) < 4.78 is 22.5. The van der Waals surface area contributed by atoms with Gasteiger partial charge in [-0.15, -0.1) is 11.3 Å². The maximum absolute atomic E-state index is 11.2. The number of nitrogens with two attached hydrogens (primary N) is 1. The lowest BCUT2D eigenvalue weighted by Gasteiger charge is -2.08. The molecule has 6 nitrogen and oxygen atoms in total. The van der Waals surface area contributed by atoms with Gasteiger partial charge in [-0.25, -0.2) is 23.5 Å². The van der Waals surface area contributed by atoms with Gasteiger partial charge in [0.15, 0.2) is 0 Å².